The highest BCUT2D eigenvalue weighted by molar-refractivity contribution is 6.31. The Morgan fingerprint density at radius 1 is 1.32 bits per heavy atom. The van der Waals surface area contributed by atoms with Gasteiger partial charge in [-0.3, -0.25) is 4.98 Å². The van der Waals surface area contributed by atoms with Crippen molar-refractivity contribution in [2.24, 2.45) is 0 Å². The number of halogens is 2. The predicted octanol–water partition coefficient (Wildman–Crippen LogP) is 3.69. The first kappa shape index (κ1) is 14.0. The highest BCUT2D eigenvalue weighted by Gasteiger charge is 2.13. The molecule has 0 spiro atoms. The van der Waals surface area contributed by atoms with Crippen LogP contribution in [0.15, 0.2) is 36.5 Å². The fourth-order valence-corrected chi connectivity index (χ4v) is 2.26. The van der Waals surface area contributed by atoms with E-state index >= 15 is 0 Å². The largest absolute Gasteiger partial charge is 0.311 e. The van der Waals surface area contributed by atoms with Gasteiger partial charge < -0.3 is 5.32 Å². The molecule has 2 aromatic rings. The SMILES string of the molecule is CNC(Cc1ccc(F)cc1Cl)c1cc(C)ccn1. The van der Waals surface area contributed by atoms with Crippen LogP contribution in [0.25, 0.3) is 0 Å². The molecule has 1 unspecified atom stereocenters. The van der Waals surface area contributed by atoms with Gasteiger partial charge in [0.25, 0.3) is 0 Å². The van der Waals surface area contributed by atoms with Gasteiger partial charge in [0, 0.05) is 11.2 Å². The number of likely N-dealkylation sites (N-methyl/N-ethyl adjacent to an activating group) is 1. The van der Waals surface area contributed by atoms with E-state index in [4.69, 9.17) is 11.6 Å². The van der Waals surface area contributed by atoms with Crippen molar-refractivity contribution < 1.29 is 4.39 Å². The molecule has 0 radical (unpaired) electrons. The number of aryl methyl sites for hydroxylation is 1. The number of hydrogen-bond acceptors (Lipinski definition) is 2. The molecule has 1 atom stereocenters. The molecule has 0 aliphatic rings. The fraction of sp³-hybridized carbons (Fsp3) is 0.267. The number of aromatic nitrogens is 1. The van der Waals surface area contributed by atoms with E-state index in [1.54, 1.807) is 12.3 Å². The Morgan fingerprint density at radius 2 is 2.11 bits per heavy atom. The Kier molecular flexibility index (Phi) is 4.51. The molecular formula is C15H16ClFN2. The third kappa shape index (κ3) is 3.52. The lowest BCUT2D eigenvalue weighted by Gasteiger charge is -2.17. The summed E-state index contributed by atoms with van der Waals surface area (Å²) in [6.07, 6.45) is 2.47. The zero-order valence-electron chi connectivity index (χ0n) is 11.0. The highest BCUT2D eigenvalue weighted by Crippen LogP contribution is 2.23. The highest BCUT2D eigenvalue weighted by atomic mass is 35.5. The summed E-state index contributed by atoms with van der Waals surface area (Å²) in [4.78, 5) is 4.37. The first-order valence-electron chi connectivity index (χ1n) is 6.14. The van der Waals surface area contributed by atoms with Crippen LogP contribution in [0.4, 0.5) is 4.39 Å². The van der Waals surface area contributed by atoms with Gasteiger partial charge in [-0.1, -0.05) is 17.7 Å². The Bertz CT molecular complexity index is 572. The zero-order chi connectivity index (χ0) is 13.8. The second kappa shape index (κ2) is 6.13. The maximum atomic E-state index is 13.0. The van der Waals surface area contributed by atoms with E-state index in [2.05, 4.69) is 10.3 Å². The Morgan fingerprint density at radius 3 is 2.74 bits per heavy atom. The Labute approximate surface area is 117 Å². The Hall–Kier alpha value is -1.45. The molecule has 1 aromatic carbocycles. The number of nitrogens with zero attached hydrogens (tertiary/aromatic N) is 1. The van der Waals surface area contributed by atoms with Gasteiger partial charge in [0.15, 0.2) is 0 Å². The monoisotopic (exact) mass is 278 g/mol. The number of pyridine rings is 1. The van der Waals surface area contributed by atoms with Crippen molar-refractivity contribution in [2.75, 3.05) is 7.05 Å². The van der Waals surface area contributed by atoms with Crippen LogP contribution in [0.3, 0.4) is 0 Å². The van der Waals surface area contributed by atoms with Crippen LogP contribution >= 0.6 is 11.6 Å². The van der Waals surface area contributed by atoms with Crippen molar-refractivity contribution in [3.63, 3.8) is 0 Å². The van der Waals surface area contributed by atoms with Crippen LogP contribution in [0.2, 0.25) is 5.02 Å². The summed E-state index contributed by atoms with van der Waals surface area (Å²) >= 11 is 6.06. The smallest absolute Gasteiger partial charge is 0.124 e. The minimum Gasteiger partial charge on any atom is -0.311 e. The maximum absolute atomic E-state index is 13.0. The van der Waals surface area contributed by atoms with E-state index in [0.29, 0.717) is 11.4 Å². The molecule has 0 aliphatic carbocycles. The molecule has 19 heavy (non-hydrogen) atoms. The lowest BCUT2D eigenvalue weighted by Crippen LogP contribution is -2.20. The van der Waals surface area contributed by atoms with Crippen molar-refractivity contribution in [1.82, 2.24) is 10.3 Å². The van der Waals surface area contributed by atoms with Crippen LogP contribution in [-0.4, -0.2) is 12.0 Å². The van der Waals surface area contributed by atoms with Crippen molar-refractivity contribution in [3.05, 3.63) is 64.2 Å². The topological polar surface area (TPSA) is 24.9 Å². The third-order valence-corrected chi connectivity index (χ3v) is 3.43. The molecule has 0 saturated heterocycles. The molecule has 2 nitrogen and oxygen atoms in total. The van der Waals surface area contributed by atoms with Gasteiger partial charge in [0.05, 0.1) is 11.7 Å². The van der Waals surface area contributed by atoms with Crippen molar-refractivity contribution in [2.45, 2.75) is 19.4 Å². The summed E-state index contributed by atoms with van der Waals surface area (Å²) < 4.78 is 13.0. The average molecular weight is 279 g/mol. The quantitative estimate of drug-likeness (QED) is 0.923. The molecule has 0 amide bonds. The predicted molar refractivity (Wildman–Crippen MR) is 75.9 cm³/mol. The number of hydrogen-bond donors (Lipinski definition) is 1. The number of rotatable bonds is 4. The molecule has 1 N–H and O–H groups in total. The standard InChI is InChI=1S/C15H16ClFN2/c1-10-5-6-19-15(7-10)14(18-2)8-11-3-4-12(17)9-13(11)16/h3-7,9,14,18H,8H2,1-2H3. The molecule has 0 bridgehead atoms. The summed E-state index contributed by atoms with van der Waals surface area (Å²) in [5.74, 6) is -0.316. The van der Waals surface area contributed by atoms with Gasteiger partial charge in [-0.25, -0.2) is 4.39 Å². The summed E-state index contributed by atoms with van der Waals surface area (Å²) in [7, 11) is 1.88. The van der Waals surface area contributed by atoms with E-state index in [1.807, 2.05) is 26.1 Å². The summed E-state index contributed by atoms with van der Waals surface area (Å²) in [5.41, 5.74) is 3.03. The second-order valence-corrected chi connectivity index (χ2v) is 4.95. The van der Waals surface area contributed by atoms with Crippen molar-refractivity contribution >= 4 is 11.6 Å². The number of benzene rings is 1. The molecule has 0 aliphatic heterocycles. The molecule has 4 heteroatoms. The van der Waals surface area contributed by atoms with Gasteiger partial charge in [-0.15, -0.1) is 0 Å². The van der Waals surface area contributed by atoms with Gasteiger partial charge in [0.2, 0.25) is 0 Å². The van der Waals surface area contributed by atoms with Crippen LogP contribution in [0.1, 0.15) is 22.9 Å². The van der Waals surface area contributed by atoms with Gasteiger partial charge in [-0.05, 0) is 55.8 Å². The van der Waals surface area contributed by atoms with Gasteiger partial charge in [0.1, 0.15) is 5.82 Å². The lowest BCUT2D eigenvalue weighted by atomic mass is 10.0. The Balaban J connectivity index is 2.24. The van der Waals surface area contributed by atoms with Gasteiger partial charge in [-0.2, -0.15) is 0 Å². The zero-order valence-corrected chi connectivity index (χ0v) is 11.7. The van der Waals surface area contributed by atoms with E-state index in [-0.39, 0.29) is 11.9 Å². The van der Waals surface area contributed by atoms with Crippen molar-refractivity contribution in [1.29, 1.82) is 0 Å². The van der Waals surface area contributed by atoms with E-state index in [0.717, 1.165) is 16.8 Å². The van der Waals surface area contributed by atoms with Crippen LogP contribution < -0.4 is 5.32 Å². The van der Waals surface area contributed by atoms with Crippen LogP contribution in [0.5, 0.6) is 0 Å². The molecule has 0 fully saturated rings. The van der Waals surface area contributed by atoms with E-state index in [9.17, 15) is 4.39 Å². The lowest BCUT2D eigenvalue weighted by molar-refractivity contribution is 0.573. The average Bonchev–Trinajstić information content (AvgIpc) is 2.38. The summed E-state index contributed by atoms with van der Waals surface area (Å²) in [6, 6.07) is 8.55. The minimum atomic E-state index is -0.316. The van der Waals surface area contributed by atoms with Gasteiger partial charge >= 0.3 is 0 Å². The van der Waals surface area contributed by atoms with Crippen LogP contribution in [-0.2, 0) is 6.42 Å². The first-order chi connectivity index (χ1) is 9.10. The van der Waals surface area contributed by atoms with E-state index in [1.165, 1.54) is 12.1 Å². The molecule has 100 valence electrons. The number of nitrogens with one attached hydrogen (secondary N) is 1. The van der Waals surface area contributed by atoms with E-state index < -0.39 is 0 Å². The normalized spacial score (nSPS) is 12.4. The molecule has 0 saturated carbocycles. The molecular weight excluding hydrogens is 263 g/mol. The first-order valence-corrected chi connectivity index (χ1v) is 6.51. The third-order valence-electron chi connectivity index (χ3n) is 3.08. The molecule has 1 heterocycles. The summed E-state index contributed by atoms with van der Waals surface area (Å²) in [5, 5.41) is 3.67. The molecule has 1 aromatic heterocycles. The molecule has 2 rings (SSSR count). The maximum Gasteiger partial charge on any atom is 0.124 e. The van der Waals surface area contributed by atoms with Crippen molar-refractivity contribution in [3.8, 4) is 0 Å². The summed E-state index contributed by atoms with van der Waals surface area (Å²) in [6.45, 7) is 2.03. The second-order valence-electron chi connectivity index (χ2n) is 4.54. The van der Waals surface area contributed by atoms with Crippen LogP contribution in [0, 0.1) is 12.7 Å². The fourth-order valence-electron chi connectivity index (χ4n) is 2.01. The minimum absolute atomic E-state index is 0.0582.